The van der Waals surface area contributed by atoms with Crippen LogP contribution in [0.2, 0.25) is 0 Å². The van der Waals surface area contributed by atoms with Crippen molar-refractivity contribution in [1.29, 1.82) is 0 Å². The van der Waals surface area contributed by atoms with Crippen molar-refractivity contribution in [1.82, 2.24) is 0 Å². The number of aliphatic hydroxyl groups excluding tert-OH is 1. The highest BCUT2D eigenvalue weighted by Gasteiger charge is 2.36. The first kappa shape index (κ1) is 22.9. The predicted molar refractivity (Wildman–Crippen MR) is 105 cm³/mol. The zero-order chi connectivity index (χ0) is 19.2. The molecule has 2 unspecified atom stereocenters. The molecule has 4 nitrogen and oxygen atoms in total. The van der Waals surface area contributed by atoms with Crippen LogP contribution < -0.4 is 0 Å². The van der Waals surface area contributed by atoms with Crippen molar-refractivity contribution in [3.8, 4) is 0 Å². The van der Waals surface area contributed by atoms with Crippen LogP contribution in [0.25, 0.3) is 0 Å². The van der Waals surface area contributed by atoms with Gasteiger partial charge in [0.25, 0.3) is 0 Å². The summed E-state index contributed by atoms with van der Waals surface area (Å²) in [6.45, 7) is 3.86. The van der Waals surface area contributed by atoms with E-state index in [0.29, 0.717) is 12.2 Å². The average molecular weight is 367 g/mol. The fourth-order valence-electron chi connectivity index (χ4n) is 3.53. The largest absolute Gasteiger partial charge is 0.431 e. The number of Topliss-reactive ketones (excluding diaryl/α,β-unsaturated/α-hetero) is 1. The number of aliphatic hydroxyl groups is 1. The Bertz CT molecular complexity index is 441. The highest BCUT2D eigenvalue weighted by molar-refractivity contribution is 6.00. The molecule has 2 atom stereocenters. The number of ether oxygens (including phenoxy) is 1. The lowest BCUT2D eigenvalue weighted by atomic mass is 9.91. The van der Waals surface area contributed by atoms with E-state index < -0.39 is 18.0 Å². The Morgan fingerprint density at radius 1 is 0.923 bits per heavy atom. The molecule has 0 aromatic carbocycles. The van der Waals surface area contributed by atoms with E-state index >= 15 is 0 Å². The summed E-state index contributed by atoms with van der Waals surface area (Å²) >= 11 is 0. The van der Waals surface area contributed by atoms with Crippen molar-refractivity contribution in [2.24, 2.45) is 5.92 Å². The second-order valence-electron chi connectivity index (χ2n) is 7.63. The second-order valence-corrected chi connectivity index (χ2v) is 7.63. The van der Waals surface area contributed by atoms with Crippen LogP contribution in [0, 0.1) is 5.92 Å². The molecule has 4 heteroatoms. The summed E-state index contributed by atoms with van der Waals surface area (Å²) in [5, 5.41) is 9.89. The molecule has 0 spiro atoms. The summed E-state index contributed by atoms with van der Waals surface area (Å²) in [4.78, 5) is 23.9. The molecule has 26 heavy (non-hydrogen) atoms. The Morgan fingerprint density at radius 3 is 1.85 bits per heavy atom. The standard InChI is InChI=1S/C22H38O4/c1-3-4-5-6-7-8-9-10-11-12-13-14-15-16-19(23)21-20(24)17-18(2)26-22(21)25/h17,20-21,24H,3-16H2,1-2H3. The number of hydrogen-bond donors (Lipinski definition) is 1. The molecule has 150 valence electrons. The summed E-state index contributed by atoms with van der Waals surface area (Å²) in [6.07, 6.45) is 17.1. The molecule has 1 aliphatic rings. The van der Waals surface area contributed by atoms with Gasteiger partial charge in [-0.1, -0.05) is 84.0 Å². The molecule has 1 N–H and O–H groups in total. The number of carbonyl (C=O) groups is 2. The van der Waals surface area contributed by atoms with Crippen molar-refractivity contribution in [3.05, 3.63) is 11.8 Å². The van der Waals surface area contributed by atoms with Gasteiger partial charge in [-0.2, -0.15) is 0 Å². The normalized spacial score (nSPS) is 20.0. The summed E-state index contributed by atoms with van der Waals surface area (Å²) < 4.78 is 4.95. The average Bonchev–Trinajstić information content (AvgIpc) is 2.58. The van der Waals surface area contributed by atoms with Gasteiger partial charge >= 0.3 is 5.97 Å². The van der Waals surface area contributed by atoms with E-state index in [1.165, 1.54) is 70.3 Å². The molecule has 0 aliphatic carbocycles. The molecule has 0 bridgehead atoms. The molecule has 1 rings (SSSR count). The van der Waals surface area contributed by atoms with Crippen LogP contribution in [-0.4, -0.2) is 23.0 Å². The van der Waals surface area contributed by atoms with Gasteiger partial charge in [0.15, 0.2) is 0 Å². The maximum Gasteiger partial charge on any atom is 0.324 e. The third kappa shape index (κ3) is 9.51. The van der Waals surface area contributed by atoms with Gasteiger partial charge in [0.05, 0.1) is 6.10 Å². The predicted octanol–water partition coefficient (Wildman–Crippen LogP) is 5.47. The van der Waals surface area contributed by atoms with Crippen molar-refractivity contribution in [2.75, 3.05) is 0 Å². The number of ketones is 1. The first-order chi connectivity index (χ1) is 12.6. The molecule has 1 heterocycles. The molecule has 0 amide bonds. The van der Waals surface area contributed by atoms with E-state index in [1.807, 2.05) is 0 Å². The lowest BCUT2D eigenvalue weighted by molar-refractivity contribution is -0.153. The molecule has 0 aromatic heterocycles. The van der Waals surface area contributed by atoms with Gasteiger partial charge in [0, 0.05) is 6.42 Å². The van der Waals surface area contributed by atoms with Gasteiger partial charge in [0.2, 0.25) is 0 Å². The van der Waals surface area contributed by atoms with Gasteiger partial charge in [0.1, 0.15) is 17.5 Å². The van der Waals surface area contributed by atoms with Crippen LogP contribution in [0.1, 0.15) is 104 Å². The number of rotatable bonds is 15. The quantitative estimate of drug-likeness (QED) is 0.237. The zero-order valence-corrected chi connectivity index (χ0v) is 16.8. The Kier molecular flexibility index (Phi) is 12.3. The van der Waals surface area contributed by atoms with E-state index in [0.717, 1.165) is 19.3 Å². The molecule has 0 aromatic rings. The Morgan fingerprint density at radius 2 is 1.38 bits per heavy atom. The van der Waals surface area contributed by atoms with Gasteiger partial charge < -0.3 is 9.84 Å². The second kappa shape index (κ2) is 14.0. The topological polar surface area (TPSA) is 63.6 Å². The Labute approximate surface area is 159 Å². The highest BCUT2D eigenvalue weighted by Crippen LogP contribution is 2.21. The van der Waals surface area contributed by atoms with Gasteiger partial charge in [-0.3, -0.25) is 9.59 Å². The summed E-state index contributed by atoms with van der Waals surface area (Å²) in [6, 6.07) is 0. The fourth-order valence-corrected chi connectivity index (χ4v) is 3.53. The van der Waals surface area contributed by atoms with E-state index in [2.05, 4.69) is 6.92 Å². The van der Waals surface area contributed by atoms with Crippen molar-refractivity contribution in [2.45, 2.75) is 110 Å². The lowest BCUT2D eigenvalue weighted by Crippen LogP contribution is -2.38. The number of hydrogen-bond acceptors (Lipinski definition) is 4. The first-order valence-corrected chi connectivity index (χ1v) is 10.7. The van der Waals surface area contributed by atoms with Crippen molar-refractivity contribution >= 4 is 11.8 Å². The molecular weight excluding hydrogens is 328 g/mol. The summed E-state index contributed by atoms with van der Waals surface area (Å²) in [5.74, 6) is -1.48. The zero-order valence-electron chi connectivity index (χ0n) is 16.8. The monoisotopic (exact) mass is 366 g/mol. The third-order valence-electron chi connectivity index (χ3n) is 5.14. The van der Waals surface area contributed by atoms with Gasteiger partial charge in [-0.25, -0.2) is 0 Å². The highest BCUT2D eigenvalue weighted by atomic mass is 16.5. The van der Waals surface area contributed by atoms with Gasteiger partial charge in [-0.15, -0.1) is 0 Å². The molecule has 0 radical (unpaired) electrons. The van der Waals surface area contributed by atoms with E-state index in [4.69, 9.17) is 4.74 Å². The molecular formula is C22H38O4. The molecule has 0 fully saturated rings. The minimum atomic E-state index is -1.04. The van der Waals surface area contributed by atoms with Gasteiger partial charge in [-0.05, 0) is 19.4 Å². The lowest BCUT2D eigenvalue weighted by Gasteiger charge is -2.23. The number of cyclic esters (lactones) is 1. The first-order valence-electron chi connectivity index (χ1n) is 10.7. The maximum absolute atomic E-state index is 12.1. The number of esters is 1. The van der Waals surface area contributed by atoms with Crippen molar-refractivity contribution < 1.29 is 19.4 Å². The number of allylic oxidation sites excluding steroid dienone is 1. The molecule has 0 saturated heterocycles. The molecule has 0 saturated carbocycles. The fraction of sp³-hybridized carbons (Fsp3) is 0.818. The summed E-state index contributed by atoms with van der Waals surface area (Å²) in [5.41, 5.74) is 0. The van der Waals surface area contributed by atoms with Crippen LogP contribution in [-0.2, 0) is 14.3 Å². The minimum absolute atomic E-state index is 0.200. The number of unbranched alkanes of at least 4 members (excludes halogenated alkanes) is 12. The van der Waals surface area contributed by atoms with Crippen LogP contribution in [0.3, 0.4) is 0 Å². The Hall–Kier alpha value is -1.16. The minimum Gasteiger partial charge on any atom is -0.431 e. The molecule has 1 aliphatic heterocycles. The van der Waals surface area contributed by atoms with E-state index in [1.54, 1.807) is 6.92 Å². The third-order valence-corrected chi connectivity index (χ3v) is 5.14. The van der Waals surface area contributed by atoms with E-state index in [-0.39, 0.29) is 5.78 Å². The Balaban J connectivity index is 1.96. The van der Waals surface area contributed by atoms with Crippen molar-refractivity contribution in [3.63, 3.8) is 0 Å². The maximum atomic E-state index is 12.1. The number of carbonyl (C=O) groups excluding carboxylic acids is 2. The van der Waals surface area contributed by atoms with Crippen LogP contribution in [0.5, 0.6) is 0 Å². The van der Waals surface area contributed by atoms with E-state index in [9.17, 15) is 14.7 Å². The summed E-state index contributed by atoms with van der Waals surface area (Å²) in [7, 11) is 0. The van der Waals surface area contributed by atoms with Crippen LogP contribution in [0.4, 0.5) is 0 Å². The SMILES string of the molecule is CCCCCCCCCCCCCCCC(=O)C1C(=O)OC(C)=CC1O. The van der Waals surface area contributed by atoms with Crippen LogP contribution in [0.15, 0.2) is 11.8 Å². The van der Waals surface area contributed by atoms with Crippen LogP contribution >= 0.6 is 0 Å². The smallest absolute Gasteiger partial charge is 0.324 e.